The minimum Gasteiger partial charge on any atom is -0.481 e. The van der Waals surface area contributed by atoms with Crippen LogP contribution >= 0.6 is 23.2 Å². The highest BCUT2D eigenvalue weighted by Gasteiger charge is 2.19. The first kappa shape index (κ1) is 25.4. The van der Waals surface area contributed by atoms with Crippen LogP contribution < -0.4 is 4.74 Å². The molecule has 2 aliphatic rings. The Morgan fingerprint density at radius 2 is 1.41 bits per heavy atom. The molecular weight excluding hydrogens is 479 g/mol. The van der Waals surface area contributed by atoms with Crippen molar-refractivity contribution in [2.45, 2.75) is 39.0 Å². The Labute approximate surface area is 206 Å². The molecule has 0 saturated carbocycles. The van der Waals surface area contributed by atoms with Gasteiger partial charge in [0.1, 0.15) is 18.3 Å². The van der Waals surface area contributed by atoms with E-state index < -0.39 is 5.97 Å². The molecule has 0 atom stereocenters. The van der Waals surface area contributed by atoms with Crippen molar-refractivity contribution in [2.24, 2.45) is 0 Å². The molecule has 6 nitrogen and oxygen atoms in total. The summed E-state index contributed by atoms with van der Waals surface area (Å²) < 4.78 is 5.00. The van der Waals surface area contributed by atoms with Crippen LogP contribution in [0.4, 0.5) is 0 Å². The molecule has 0 amide bonds. The number of hydrogen-bond donors (Lipinski definition) is 1. The maximum Gasteiger partial charge on any atom is 0.308 e. The van der Waals surface area contributed by atoms with Crippen molar-refractivity contribution < 1.29 is 29.0 Å². The lowest BCUT2D eigenvalue weighted by atomic mass is 9.90. The number of rotatable bonds is 5. The van der Waals surface area contributed by atoms with Gasteiger partial charge in [-0.25, -0.2) is 0 Å². The van der Waals surface area contributed by atoms with E-state index in [1.807, 2.05) is 6.07 Å². The SMILES string of the molecule is CC(=O)Oc1ccc2c(c1)CCC(C=O)=C2Cl.O=CC1=C(Cl)c2ccc(CC(=O)O)cc2CC1. The molecule has 176 valence electrons. The summed E-state index contributed by atoms with van der Waals surface area (Å²) >= 11 is 12.2. The van der Waals surface area contributed by atoms with E-state index in [9.17, 15) is 19.2 Å². The second-order valence-electron chi connectivity index (χ2n) is 7.89. The van der Waals surface area contributed by atoms with Gasteiger partial charge in [-0.2, -0.15) is 0 Å². The van der Waals surface area contributed by atoms with Crippen molar-refractivity contribution in [2.75, 3.05) is 0 Å². The molecule has 34 heavy (non-hydrogen) atoms. The van der Waals surface area contributed by atoms with Crippen molar-refractivity contribution in [3.05, 3.63) is 75.4 Å². The number of halogens is 2. The maximum absolute atomic E-state index is 10.8. The zero-order chi connectivity index (χ0) is 24.8. The number of carbonyl (C=O) groups excluding carboxylic acids is 3. The van der Waals surface area contributed by atoms with E-state index >= 15 is 0 Å². The number of fused-ring (bicyclic) bond motifs is 2. The number of aryl methyl sites for hydroxylation is 2. The van der Waals surface area contributed by atoms with Crippen LogP contribution in [0.25, 0.3) is 10.1 Å². The van der Waals surface area contributed by atoms with E-state index in [2.05, 4.69) is 0 Å². The molecule has 8 heteroatoms. The summed E-state index contributed by atoms with van der Waals surface area (Å²) in [5.74, 6) is -0.692. The fourth-order valence-corrected chi connectivity index (χ4v) is 4.55. The van der Waals surface area contributed by atoms with Crippen LogP contribution in [0, 0.1) is 0 Å². The minimum absolute atomic E-state index is 0.00908. The summed E-state index contributed by atoms with van der Waals surface area (Å²) in [7, 11) is 0. The third-order valence-corrected chi connectivity index (χ3v) is 6.40. The number of carboxylic acid groups (broad SMARTS) is 1. The van der Waals surface area contributed by atoms with Gasteiger partial charge in [0, 0.05) is 18.1 Å². The maximum atomic E-state index is 10.8. The summed E-state index contributed by atoms with van der Waals surface area (Å²) in [6, 6.07) is 10.6. The quantitative estimate of drug-likeness (QED) is 0.347. The Bertz CT molecular complexity index is 1130. The summed E-state index contributed by atoms with van der Waals surface area (Å²) in [4.78, 5) is 43.0. The van der Waals surface area contributed by atoms with Crippen molar-refractivity contribution >= 4 is 57.8 Å². The summed E-state index contributed by atoms with van der Waals surface area (Å²) in [5, 5.41) is 9.71. The predicted octanol–water partition coefficient (Wildman–Crippen LogP) is 5.12. The van der Waals surface area contributed by atoms with Gasteiger partial charge in [0.25, 0.3) is 0 Å². The van der Waals surface area contributed by atoms with Gasteiger partial charge < -0.3 is 9.84 Å². The highest BCUT2D eigenvalue weighted by Crippen LogP contribution is 2.35. The number of hydrogen-bond acceptors (Lipinski definition) is 5. The van der Waals surface area contributed by atoms with Gasteiger partial charge in [0.15, 0.2) is 0 Å². The zero-order valence-corrected chi connectivity index (χ0v) is 19.9. The Morgan fingerprint density at radius 3 is 1.91 bits per heavy atom. The monoisotopic (exact) mass is 500 g/mol. The number of benzene rings is 2. The topological polar surface area (TPSA) is 97.7 Å². The second kappa shape index (κ2) is 11.3. The van der Waals surface area contributed by atoms with Crippen molar-refractivity contribution in [3.63, 3.8) is 0 Å². The third kappa shape index (κ3) is 6.01. The Balaban J connectivity index is 0.000000191. The zero-order valence-electron chi connectivity index (χ0n) is 18.4. The molecule has 0 heterocycles. The molecule has 2 aliphatic carbocycles. The van der Waals surface area contributed by atoms with Gasteiger partial charge in [-0.05, 0) is 71.7 Å². The second-order valence-corrected chi connectivity index (χ2v) is 8.64. The number of esters is 1. The Kier molecular flexibility index (Phi) is 8.42. The summed E-state index contributed by atoms with van der Waals surface area (Å²) in [5.41, 5.74) is 5.70. The van der Waals surface area contributed by atoms with Gasteiger partial charge in [-0.1, -0.05) is 41.4 Å². The fraction of sp³-hybridized carbons (Fsp3) is 0.231. The van der Waals surface area contributed by atoms with Crippen LogP contribution in [-0.4, -0.2) is 29.6 Å². The lowest BCUT2D eigenvalue weighted by Gasteiger charge is -2.17. The first-order chi connectivity index (χ1) is 16.2. The van der Waals surface area contributed by atoms with Crippen molar-refractivity contribution in [1.82, 2.24) is 0 Å². The summed E-state index contributed by atoms with van der Waals surface area (Å²) in [6.45, 7) is 1.36. The molecule has 0 spiro atoms. The average molecular weight is 501 g/mol. The highest BCUT2D eigenvalue weighted by atomic mass is 35.5. The predicted molar refractivity (Wildman–Crippen MR) is 130 cm³/mol. The van der Waals surface area contributed by atoms with Crippen LogP contribution in [0.2, 0.25) is 0 Å². The largest absolute Gasteiger partial charge is 0.481 e. The molecule has 2 aromatic carbocycles. The normalized spacial score (nSPS) is 14.3. The van der Waals surface area contributed by atoms with Gasteiger partial charge in [-0.15, -0.1) is 0 Å². The van der Waals surface area contributed by atoms with E-state index in [4.69, 9.17) is 33.0 Å². The van der Waals surface area contributed by atoms with Crippen LogP contribution in [-0.2, 0) is 38.4 Å². The summed E-state index contributed by atoms with van der Waals surface area (Å²) in [6.07, 6.45) is 4.30. The van der Waals surface area contributed by atoms with E-state index in [0.717, 1.165) is 53.2 Å². The molecule has 0 fully saturated rings. The number of carboxylic acids is 1. The molecular formula is C26H22Cl2O6. The molecule has 0 saturated heterocycles. The van der Waals surface area contributed by atoms with Crippen molar-refractivity contribution in [3.8, 4) is 5.75 Å². The lowest BCUT2D eigenvalue weighted by Crippen LogP contribution is -2.06. The number of allylic oxidation sites excluding steroid dienone is 2. The first-order valence-electron chi connectivity index (χ1n) is 10.6. The van der Waals surface area contributed by atoms with Crippen LogP contribution in [0.3, 0.4) is 0 Å². The number of aliphatic carboxylic acids is 1. The number of carbonyl (C=O) groups is 4. The standard InChI is InChI=1S/2C13H11ClO3/c1-8(16)17-11-4-5-12-9(6-11)2-3-10(7-15)13(12)14;14-13-10(7-15)3-2-9-5-8(6-12(16)17)1-4-11(9)13/h4-7H,2-3H2,1H3;1,4-5,7H,2-3,6H2,(H,16,17). The van der Waals surface area contributed by atoms with E-state index in [0.29, 0.717) is 39.8 Å². The number of aldehydes is 2. The molecule has 2 aromatic rings. The highest BCUT2D eigenvalue weighted by molar-refractivity contribution is 6.51. The third-order valence-electron chi connectivity index (χ3n) is 5.51. The molecule has 0 aromatic heterocycles. The van der Waals surface area contributed by atoms with Crippen LogP contribution in [0.1, 0.15) is 47.6 Å². The Morgan fingerprint density at radius 1 is 0.882 bits per heavy atom. The van der Waals surface area contributed by atoms with E-state index in [1.165, 1.54) is 6.92 Å². The van der Waals surface area contributed by atoms with Crippen LogP contribution in [0.15, 0.2) is 47.5 Å². The van der Waals surface area contributed by atoms with Gasteiger partial charge in [-0.3, -0.25) is 19.2 Å². The lowest BCUT2D eigenvalue weighted by molar-refractivity contribution is -0.136. The molecule has 1 N–H and O–H groups in total. The molecule has 0 radical (unpaired) electrons. The average Bonchev–Trinajstić information content (AvgIpc) is 2.79. The van der Waals surface area contributed by atoms with Gasteiger partial charge >= 0.3 is 11.9 Å². The van der Waals surface area contributed by atoms with Crippen LogP contribution in [0.5, 0.6) is 5.75 Å². The van der Waals surface area contributed by atoms with E-state index in [-0.39, 0.29) is 12.4 Å². The smallest absolute Gasteiger partial charge is 0.308 e. The molecule has 0 aliphatic heterocycles. The molecule has 0 bridgehead atoms. The first-order valence-corrected chi connectivity index (χ1v) is 11.3. The van der Waals surface area contributed by atoms with Crippen molar-refractivity contribution in [1.29, 1.82) is 0 Å². The van der Waals surface area contributed by atoms with Gasteiger partial charge in [0.2, 0.25) is 0 Å². The molecule has 0 unspecified atom stereocenters. The minimum atomic E-state index is -0.851. The molecule has 4 rings (SSSR count). The van der Waals surface area contributed by atoms with E-state index in [1.54, 1.807) is 30.3 Å². The fourth-order valence-electron chi connectivity index (χ4n) is 3.90. The van der Waals surface area contributed by atoms with Gasteiger partial charge in [0.05, 0.1) is 16.5 Å². The Hall–Kier alpha value is -3.22. The number of ether oxygens (including phenoxy) is 1.